The summed E-state index contributed by atoms with van der Waals surface area (Å²) in [4.78, 5) is 25.1. The number of nitrogens with two attached hydrogens (primary N) is 1. The Hall–Kier alpha value is -2.39. The number of benzene rings is 1. The average molecular weight is 391 g/mol. The Kier molecular flexibility index (Phi) is 7.37. The first-order valence-electron chi connectivity index (χ1n) is 8.73. The number of hydrogen-bond donors (Lipinski definition) is 2. The van der Waals surface area contributed by atoms with E-state index in [1.54, 1.807) is 6.92 Å². The van der Waals surface area contributed by atoms with Gasteiger partial charge in [-0.2, -0.15) is 0 Å². The molecule has 0 aliphatic rings. The van der Waals surface area contributed by atoms with Crippen molar-refractivity contribution in [2.24, 2.45) is 5.73 Å². The zero-order chi connectivity index (χ0) is 20.0. The Labute approximate surface area is 163 Å². The molecule has 0 aliphatic carbocycles. The fourth-order valence-corrected chi connectivity index (χ4v) is 3.62. The highest BCUT2D eigenvalue weighted by Gasteiger charge is 2.25. The van der Waals surface area contributed by atoms with Crippen molar-refractivity contribution in [1.29, 1.82) is 0 Å². The highest BCUT2D eigenvalue weighted by atomic mass is 32.2. The van der Waals surface area contributed by atoms with Crippen LogP contribution in [0.4, 0.5) is 4.79 Å². The van der Waals surface area contributed by atoms with Crippen molar-refractivity contribution in [2.75, 3.05) is 14.1 Å². The van der Waals surface area contributed by atoms with Crippen molar-refractivity contribution in [1.82, 2.24) is 25.0 Å². The zero-order valence-corrected chi connectivity index (χ0v) is 16.9. The Balaban J connectivity index is 2.34. The number of aromatic nitrogens is 3. The van der Waals surface area contributed by atoms with Crippen LogP contribution in [0.25, 0.3) is 0 Å². The van der Waals surface area contributed by atoms with E-state index < -0.39 is 17.2 Å². The van der Waals surface area contributed by atoms with Gasteiger partial charge in [-0.3, -0.25) is 15.0 Å². The van der Waals surface area contributed by atoms with E-state index in [1.165, 1.54) is 11.8 Å². The quantitative estimate of drug-likeness (QED) is 0.668. The highest BCUT2D eigenvalue weighted by molar-refractivity contribution is 8.00. The highest BCUT2D eigenvalue weighted by Crippen LogP contribution is 2.28. The van der Waals surface area contributed by atoms with E-state index in [4.69, 9.17) is 5.73 Å². The van der Waals surface area contributed by atoms with Crippen LogP contribution in [-0.4, -0.2) is 50.9 Å². The fraction of sp³-hybridized carbons (Fsp3) is 0.444. The molecule has 9 heteroatoms. The number of thioether (sulfide) groups is 1. The molecule has 1 heterocycles. The lowest BCUT2D eigenvalue weighted by atomic mass is 10.2. The van der Waals surface area contributed by atoms with E-state index in [0.29, 0.717) is 11.7 Å². The molecule has 0 bridgehead atoms. The van der Waals surface area contributed by atoms with Gasteiger partial charge < -0.3 is 10.3 Å². The van der Waals surface area contributed by atoms with E-state index in [2.05, 4.69) is 27.3 Å². The van der Waals surface area contributed by atoms with Gasteiger partial charge in [-0.15, -0.1) is 10.2 Å². The summed E-state index contributed by atoms with van der Waals surface area (Å²) < 4.78 is 2.03. The monoisotopic (exact) mass is 390 g/mol. The molecule has 1 aromatic carbocycles. The Bertz CT molecular complexity index is 777. The molecule has 0 aliphatic heterocycles. The van der Waals surface area contributed by atoms with Crippen LogP contribution in [-0.2, 0) is 11.3 Å². The molecule has 2 aromatic rings. The van der Waals surface area contributed by atoms with E-state index in [-0.39, 0.29) is 6.04 Å². The molecule has 146 valence electrons. The van der Waals surface area contributed by atoms with Gasteiger partial charge in [0.15, 0.2) is 11.0 Å². The van der Waals surface area contributed by atoms with Crippen molar-refractivity contribution in [3.05, 3.63) is 41.7 Å². The van der Waals surface area contributed by atoms with Crippen LogP contribution in [0.3, 0.4) is 0 Å². The number of imide groups is 1. The lowest BCUT2D eigenvalue weighted by molar-refractivity contribution is -0.119. The van der Waals surface area contributed by atoms with E-state index in [9.17, 15) is 9.59 Å². The van der Waals surface area contributed by atoms with E-state index >= 15 is 0 Å². The maximum Gasteiger partial charge on any atom is 0.318 e. The second-order valence-corrected chi connectivity index (χ2v) is 7.72. The predicted octanol–water partition coefficient (Wildman–Crippen LogP) is 2.01. The summed E-state index contributed by atoms with van der Waals surface area (Å²) in [6.45, 7) is 4.40. The van der Waals surface area contributed by atoms with Gasteiger partial charge in [0.05, 0.1) is 17.8 Å². The second kappa shape index (κ2) is 9.52. The molecular weight excluding hydrogens is 364 g/mol. The van der Waals surface area contributed by atoms with Crippen molar-refractivity contribution in [3.63, 3.8) is 0 Å². The first-order valence-corrected chi connectivity index (χ1v) is 9.61. The van der Waals surface area contributed by atoms with Crippen LogP contribution >= 0.6 is 11.8 Å². The molecule has 0 saturated carbocycles. The number of nitrogens with one attached hydrogen (secondary N) is 1. The SMILES string of the molecule is CC[C@H](c1nnc(S[C@H](C)C(=O)NC(N)=O)n1Cc1ccccc1)N(C)C. The van der Waals surface area contributed by atoms with E-state index in [0.717, 1.165) is 17.8 Å². The van der Waals surface area contributed by atoms with Crippen molar-refractivity contribution < 1.29 is 9.59 Å². The first-order chi connectivity index (χ1) is 12.8. The van der Waals surface area contributed by atoms with Crippen LogP contribution in [0.2, 0.25) is 0 Å². The predicted molar refractivity (Wildman–Crippen MR) is 105 cm³/mol. The molecule has 0 fully saturated rings. The average Bonchev–Trinajstić information content (AvgIpc) is 2.98. The number of hydrogen-bond acceptors (Lipinski definition) is 6. The summed E-state index contributed by atoms with van der Waals surface area (Å²) in [5, 5.41) is 10.9. The zero-order valence-electron chi connectivity index (χ0n) is 16.0. The maximum absolute atomic E-state index is 12.0. The summed E-state index contributed by atoms with van der Waals surface area (Å²) in [6, 6.07) is 9.26. The molecule has 0 radical (unpaired) electrons. The summed E-state index contributed by atoms with van der Waals surface area (Å²) in [5.41, 5.74) is 6.15. The molecule has 27 heavy (non-hydrogen) atoms. The lowest BCUT2D eigenvalue weighted by Crippen LogP contribution is -2.39. The third-order valence-electron chi connectivity index (χ3n) is 4.13. The normalized spacial score (nSPS) is 13.4. The van der Waals surface area contributed by atoms with Crippen LogP contribution in [0.1, 0.15) is 37.7 Å². The van der Waals surface area contributed by atoms with Gasteiger partial charge >= 0.3 is 6.03 Å². The van der Waals surface area contributed by atoms with Crippen LogP contribution in [0.15, 0.2) is 35.5 Å². The van der Waals surface area contributed by atoms with Gasteiger partial charge in [-0.25, -0.2) is 4.79 Å². The summed E-state index contributed by atoms with van der Waals surface area (Å²) >= 11 is 1.25. The van der Waals surface area contributed by atoms with Gasteiger partial charge in [0.1, 0.15) is 0 Å². The molecule has 3 N–H and O–H groups in total. The van der Waals surface area contributed by atoms with Gasteiger partial charge in [-0.05, 0) is 33.0 Å². The van der Waals surface area contributed by atoms with Crippen molar-refractivity contribution in [3.8, 4) is 0 Å². The van der Waals surface area contributed by atoms with Crippen molar-refractivity contribution >= 4 is 23.7 Å². The molecule has 2 atom stereocenters. The largest absolute Gasteiger partial charge is 0.351 e. The van der Waals surface area contributed by atoms with Gasteiger partial charge in [0.2, 0.25) is 5.91 Å². The fourth-order valence-electron chi connectivity index (χ4n) is 2.76. The molecule has 0 unspecified atom stereocenters. The van der Waals surface area contributed by atoms with E-state index in [1.807, 2.05) is 49.0 Å². The Morgan fingerprint density at radius 3 is 2.48 bits per heavy atom. The Morgan fingerprint density at radius 2 is 1.93 bits per heavy atom. The van der Waals surface area contributed by atoms with Gasteiger partial charge in [-0.1, -0.05) is 49.0 Å². The standard InChI is InChI=1S/C18H26N6O2S/c1-5-14(23(3)4)15-21-22-18(27-12(2)16(25)20-17(19)26)24(15)11-13-9-7-6-8-10-13/h6-10,12,14H,5,11H2,1-4H3,(H3,19,20,25,26)/t12-,14-/m1/s1. The Morgan fingerprint density at radius 1 is 1.26 bits per heavy atom. The molecule has 3 amide bonds. The van der Waals surface area contributed by atoms with Gasteiger partial charge in [0.25, 0.3) is 0 Å². The number of amides is 3. The number of nitrogens with zero attached hydrogens (tertiary/aromatic N) is 4. The number of urea groups is 1. The number of carbonyl (C=O) groups is 2. The lowest BCUT2D eigenvalue weighted by Gasteiger charge is -2.23. The minimum absolute atomic E-state index is 0.102. The molecule has 0 saturated heterocycles. The molecule has 0 spiro atoms. The van der Waals surface area contributed by atoms with Crippen LogP contribution in [0.5, 0.6) is 0 Å². The van der Waals surface area contributed by atoms with Gasteiger partial charge in [0, 0.05) is 0 Å². The summed E-state index contributed by atoms with van der Waals surface area (Å²) in [5.74, 6) is 0.388. The number of rotatable bonds is 8. The third-order valence-corrected chi connectivity index (χ3v) is 5.22. The summed E-state index contributed by atoms with van der Waals surface area (Å²) in [6.07, 6.45) is 0.877. The number of carbonyl (C=O) groups excluding carboxylic acids is 2. The van der Waals surface area contributed by atoms with Crippen LogP contribution < -0.4 is 11.1 Å². The minimum Gasteiger partial charge on any atom is -0.351 e. The maximum atomic E-state index is 12.0. The first kappa shape index (κ1) is 20.9. The minimum atomic E-state index is -0.863. The molecular formula is C18H26N6O2S. The smallest absolute Gasteiger partial charge is 0.318 e. The molecule has 1 aromatic heterocycles. The topological polar surface area (TPSA) is 106 Å². The van der Waals surface area contributed by atoms with Crippen LogP contribution in [0, 0.1) is 0 Å². The number of primary amides is 1. The molecule has 8 nitrogen and oxygen atoms in total. The molecule has 2 rings (SSSR count). The third kappa shape index (κ3) is 5.54. The van der Waals surface area contributed by atoms with Crippen molar-refractivity contribution in [2.45, 2.75) is 43.3 Å². The second-order valence-electron chi connectivity index (χ2n) is 6.41. The summed E-state index contributed by atoms with van der Waals surface area (Å²) in [7, 11) is 4.01.